The third-order valence-corrected chi connectivity index (χ3v) is 7.49. The van der Waals surface area contributed by atoms with Crippen LogP contribution in [0.1, 0.15) is 60.3 Å². The first-order chi connectivity index (χ1) is 12.9. The summed E-state index contributed by atoms with van der Waals surface area (Å²) in [7, 11) is -0.276. The Labute approximate surface area is 180 Å². The Balaban J connectivity index is 1.70. The number of nitrogens with zero attached hydrogens (tertiary/aromatic N) is 1. The number of hydrogen-bond donors (Lipinski definition) is 2. The Hall–Kier alpha value is -0.875. The molecule has 0 bridgehead atoms. The van der Waals surface area contributed by atoms with E-state index in [1.54, 1.807) is 22.9 Å². The maximum Gasteiger partial charge on any atom is 0.457 e. The Morgan fingerprint density at radius 1 is 1.25 bits per heavy atom. The molecule has 0 aromatic rings. The molecule has 28 heavy (non-hydrogen) atoms. The lowest BCUT2D eigenvalue weighted by Crippen LogP contribution is -2.75. The van der Waals surface area contributed by atoms with Gasteiger partial charge in [-0.3, -0.25) is 9.59 Å². The molecule has 3 aliphatic rings. The Bertz CT molecular complexity index is 672. The average Bonchev–Trinajstić information content (AvgIpc) is 2.79. The number of imide groups is 1. The summed E-state index contributed by atoms with van der Waals surface area (Å²) in [5.41, 5.74) is -1.81. The largest absolute Gasteiger partial charge is 0.457 e. The van der Waals surface area contributed by atoms with Crippen LogP contribution < -0.4 is 10.6 Å². The van der Waals surface area contributed by atoms with Gasteiger partial charge in [0.05, 0.1) is 40.1 Å². The first kappa shape index (κ1) is 21.8. The van der Waals surface area contributed by atoms with Crippen LogP contribution in [0, 0.1) is 5.92 Å². The number of urea groups is 1. The van der Waals surface area contributed by atoms with Crippen molar-refractivity contribution in [2.24, 2.45) is 5.92 Å². The van der Waals surface area contributed by atoms with E-state index in [-0.39, 0.29) is 42.1 Å². The number of halogens is 1. The predicted octanol–water partition coefficient (Wildman–Crippen LogP) is 2.41. The molecule has 1 saturated carbocycles. The molecule has 0 radical (unpaired) electrons. The second-order valence-corrected chi connectivity index (χ2v) is 10.1. The van der Waals surface area contributed by atoms with E-state index in [0.29, 0.717) is 12.8 Å². The number of hydrogen-bond acceptors (Lipinski definition) is 5. The van der Waals surface area contributed by atoms with Crippen molar-refractivity contribution in [3.8, 4) is 0 Å². The highest BCUT2D eigenvalue weighted by Crippen LogP contribution is 2.42. The standard InChI is InChI=1S/C18H29BIN3O5/c1-11(24)22-18-10-12(6-7-13(18)21-15(26)23(20)14(18)25)8-9-19-27-16(2,3)17(4,5)28-19/h12-13H,6-10H2,1-5H3,(H,21,26)(H,22,24)/t12-,13?,18+/m0/s1. The van der Waals surface area contributed by atoms with E-state index < -0.39 is 11.6 Å². The Kier molecular flexibility index (Phi) is 5.79. The van der Waals surface area contributed by atoms with Crippen molar-refractivity contribution in [3.63, 3.8) is 0 Å². The molecule has 156 valence electrons. The van der Waals surface area contributed by atoms with Crippen LogP contribution in [0.3, 0.4) is 0 Å². The van der Waals surface area contributed by atoms with Crippen LogP contribution in [0.15, 0.2) is 0 Å². The van der Waals surface area contributed by atoms with E-state index >= 15 is 0 Å². The molecule has 8 nitrogen and oxygen atoms in total. The summed E-state index contributed by atoms with van der Waals surface area (Å²) < 4.78 is 13.2. The number of fused-ring (bicyclic) bond motifs is 1. The van der Waals surface area contributed by atoms with Gasteiger partial charge in [-0.25, -0.2) is 7.91 Å². The minimum absolute atomic E-state index is 0.228. The summed E-state index contributed by atoms with van der Waals surface area (Å²) in [5.74, 6) is -0.394. The molecule has 3 fully saturated rings. The maximum absolute atomic E-state index is 13.0. The summed E-state index contributed by atoms with van der Waals surface area (Å²) in [6.45, 7) is 9.52. The van der Waals surface area contributed by atoms with Crippen LogP contribution in [0.4, 0.5) is 4.79 Å². The fourth-order valence-corrected chi connectivity index (χ4v) is 5.03. The highest BCUT2D eigenvalue weighted by molar-refractivity contribution is 14.1. The number of nitrogens with one attached hydrogen (secondary N) is 2. The Morgan fingerprint density at radius 2 is 1.86 bits per heavy atom. The summed E-state index contributed by atoms with van der Waals surface area (Å²) in [6.07, 6.45) is 3.58. The van der Waals surface area contributed by atoms with Crippen molar-refractivity contribution in [1.82, 2.24) is 13.7 Å². The molecule has 2 saturated heterocycles. The lowest BCUT2D eigenvalue weighted by Gasteiger charge is -2.49. The number of amides is 4. The second-order valence-electron chi connectivity index (χ2n) is 9.15. The normalized spacial score (nSPS) is 34.1. The fourth-order valence-electron chi connectivity index (χ4n) is 4.46. The first-order valence-electron chi connectivity index (χ1n) is 9.83. The molecule has 3 rings (SSSR count). The van der Waals surface area contributed by atoms with Crippen LogP contribution in [-0.4, -0.2) is 50.9 Å². The van der Waals surface area contributed by atoms with E-state index in [9.17, 15) is 14.4 Å². The molecule has 2 heterocycles. The molecular weight excluding hydrogens is 476 g/mol. The lowest BCUT2D eigenvalue weighted by molar-refractivity contribution is -0.140. The van der Waals surface area contributed by atoms with E-state index in [1.165, 1.54) is 6.92 Å². The Morgan fingerprint density at radius 3 is 2.43 bits per heavy atom. The molecule has 0 aromatic carbocycles. The molecule has 10 heteroatoms. The number of carbonyl (C=O) groups is 3. The molecule has 3 atom stereocenters. The molecule has 0 aromatic heterocycles. The minimum atomic E-state index is -1.08. The van der Waals surface area contributed by atoms with Gasteiger partial charge in [-0.05, 0) is 59.2 Å². The van der Waals surface area contributed by atoms with E-state index in [1.807, 2.05) is 27.7 Å². The number of rotatable bonds is 4. The van der Waals surface area contributed by atoms with Gasteiger partial charge in [-0.1, -0.05) is 6.42 Å². The quantitative estimate of drug-likeness (QED) is 0.348. The molecule has 2 aliphatic heterocycles. The van der Waals surface area contributed by atoms with E-state index in [4.69, 9.17) is 9.31 Å². The summed E-state index contributed by atoms with van der Waals surface area (Å²) in [4.78, 5) is 36.9. The average molecular weight is 505 g/mol. The van der Waals surface area contributed by atoms with Crippen molar-refractivity contribution in [3.05, 3.63) is 0 Å². The summed E-state index contributed by atoms with van der Waals surface area (Å²) >= 11 is 1.70. The first-order valence-corrected chi connectivity index (χ1v) is 10.8. The number of carbonyl (C=O) groups excluding carboxylic acids is 3. The highest BCUT2D eigenvalue weighted by atomic mass is 127. The van der Waals surface area contributed by atoms with Gasteiger partial charge in [-0.2, -0.15) is 0 Å². The zero-order valence-electron chi connectivity index (χ0n) is 17.1. The van der Waals surface area contributed by atoms with Crippen LogP contribution >= 0.6 is 22.9 Å². The van der Waals surface area contributed by atoms with Crippen LogP contribution in [-0.2, 0) is 18.9 Å². The highest BCUT2D eigenvalue weighted by Gasteiger charge is 2.57. The molecule has 4 amide bonds. The topological polar surface area (TPSA) is 97.0 Å². The van der Waals surface area contributed by atoms with Crippen LogP contribution in [0.25, 0.3) is 0 Å². The minimum Gasteiger partial charge on any atom is -0.403 e. The van der Waals surface area contributed by atoms with Gasteiger partial charge in [0.2, 0.25) is 5.91 Å². The zero-order chi connectivity index (χ0) is 20.9. The molecule has 1 unspecified atom stereocenters. The smallest absolute Gasteiger partial charge is 0.403 e. The van der Waals surface area contributed by atoms with E-state index in [2.05, 4.69) is 10.6 Å². The van der Waals surface area contributed by atoms with Crippen molar-refractivity contribution < 1.29 is 23.7 Å². The predicted molar refractivity (Wildman–Crippen MR) is 113 cm³/mol. The molecule has 1 aliphatic carbocycles. The van der Waals surface area contributed by atoms with Gasteiger partial charge in [0, 0.05) is 6.92 Å². The van der Waals surface area contributed by atoms with Gasteiger partial charge in [0.25, 0.3) is 5.91 Å². The van der Waals surface area contributed by atoms with Crippen LogP contribution in [0.2, 0.25) is 6.32 Å². The van der Waals surface area contributed by atoms with E-state index in [0.717, 1.165) is 22.3 Å². The summed E-state index contributed by atoms with van der Waals surface area (Å²) in [6, 6.07) is -0.803. The van der Waals surface area contributed by atoms with Gasteiger partial charge >= 0.3 is 13.1 Å². The monoisotopic (exact) mass is 505 g/mol. The van der Waals surface area contributed by atoms with Gasteiger partial charge in [0.15, 0.2) is 0 Å². The second kappa shape index (κ2) is 7.43. The van der Waals surface area contributed by atoms with Gasteiger partial charge in [-0.15, -0.1) is 0 Å². The van der Waals surface area contributed by atoms with Crippen molar-refractivity contribution in [2.45, 2.75) is 89.4 Å². The van der Waals surface area contributed by atoms with Crippen molar-refractivity contribution >= 4 is 47.8 Å². The molecular formula is C18H29BIN3O5. The molecule has 0 spiro atoms. The van der Waals surface area contributed by atoms with Crippen molar-refractivity contribution in [1.29, 1.82) is 0 Å². The van der Waals surface area contributed by atoms with Gasteiger partial charge in [0.1, 0.15) is 5.54 Å². The van der Waals surface area contributed by atoms with Gasteiger partial charge < -0.3 is 19.9 Å². The third kappa shape index (κ3) is 3.79. The fraction of sp³-hybridized carbons (Fsp3) is 0.833. The summed E-state index contributed by atoms with van der Waals surface area (Å²) in [5, 5.41) is 5.75. The zero-order valence-corrected chi connectivity index (χ0v) is 19.3. The molecule has 2 N–H and O–H groups in total. The maximum atomic E-state index is 13.0. The van der Waals surface area contributed by atoms with Crippen molar-refractivity contribution in [2.75, 3.05) is 0 Å². The third-order valence-electron chi connectivity index (χ3n) is 6.62. The van der Waals surface area contributed by atoms with Crippen LogP contribution in [0.5, 0.6) is 0 Å². The lowest BCUT2D eigenvalue weighted by atomic mass is 9.67. The SMILES string of the molecule is CC(=O)N[C@]12C[C@H](CCB3OC(C)(C)C(C)(C)O3)CCC1NC(=O)N(I)C2=O.